The third kappa shape index (κ3) is 17.6. The van der Waals surface area contributed by atoms with Gasteiger partial charge in [-0.1, -0.05) is 69.2 Å². The minimum Gasteiger partial charge on any atom is -0.354 e. The molecule has 12 N–H and O–H groups in total. The van der Waals surface area contributed by atoms with Crippen molar-refractivity contribution in [3.8, 4) is 0 Å². The first-order valence-electron chi connectivity index (χ1n) is 18.3. The highest BCUT2D eigenvalue weighted by Crippen LogP contribution is 2.13. The van der Waals surface area contributed by atoms with Crippen molar-refractivity contribution in [1.29, 1.82) is 0 Å². The highest BCUT2D eigenvalue weighted by molar-refractivity contribution is 7.14. The molecule has 1 saturated heterocycles. The highest BCUT2D eigenvalue weighted by Gasteiger charge is 2.35. The first kappa shape index (κ1) is 48.4. The van der Waals surface area contributed by atoms with Gasteiger partial charge in [0.25, 0.3) is 0 Å². The van der Waals surface area contributed by atoms with Gasteiger partial charge >= 0.3 is 0 Å². The maximum atomic E-state index is 13.9. The van der Waals surface area contributed by atoms with Crippen LogP contribution in [0.1, 0.15) is 79.6 Å². The lowest BCUT2D eigenvalue weighted by atomic mass is 9.96. The monoisotopic (exact) mass is 807 g/mol. The van der Waals surface area contributed by atoms with Crippen LogP contribution in [0.3, 0.4) is 0 Å². The SMILES string of the molecule is CCC(C)C1NC(=O)C(CC(C)C)NC(=O)C(CCNP)NC(=O)C(N)CCNC(=O)[C@H](CC)NC(=O)C(CCNP)NC(=O)C(CCNP)NC1=O. The summed E-state index contributed by atoms with van der Waals surface area (Å²) < 4.78 is 0. The summed E-state index contributed by atoms with van der Waals surface area (Å²) in [5, 5.41) is 27.8. The van der Waals surface area contributed by atoms with Gasteiger partial charge in [0, 0.05) is 26.2 Å². The fourth-order valence-corrected chi connectivity index (χ4v) is 5.96. The maximum Gasteiger partial charge on any atom is 0.243 e. The van der Waals surface area contributed by atoms with Crippen LogP contribution in [-0.2, 0) is 33.6 Å². The molecule has 1 rings (SSSR count). The summed E-state index contributed by atoms with van der Waals surface area (Å²) in [4.78, 5) is 94.8. The summed E-state index contributed by atoms with van der Waals surface area (Å²) in [7, 11) is 6.98. The van der Waals surface area contributed by atoms with Crippen molar-refractivity contribution in [1.82, 2.24) is 52.5 Å². The molecule has 0 saturated carbocycles. The third-order valence-corrected chi connectivity index (χ3v) is 9.76. The average Bonchev–Trinajstić information content (AvgIpc) is 3.12. The zero-order chi connectivity index (χ0) is 40.1. The summed E-state index contributed by atoms with van der Waals surface area (Å²) in [6, 6.07) is -7.43. The number of carbonyl (C=O) groups excluding carboxylic acids is 7. The molecular weight excluding hydrogens is 743 g/mol. The van der Waals surface area contributed by atoms with Crippen LogP contribution in [-0.4, -0.2) is 110 Å². The van der Waals surface area contributed by atoms with Gasteiger partial charge in [0.2, 0.25) is 41.4 Å². The van der Waals surface area contributed by atoms with Crippen LogP contribution >= 0.6 is 28.2 Å². The van der Waals surface area contributed by atoms with Gasteiger partial charge in [0.1, 0.15) is 36.3 Å². The molecule has 11 atom stereocenters. The molecule has 1 fully saturated rings. The van der Waals surface area contributed by atoms with E-state index in [1.54, 1.807) is 13.8 Å². The second-order valence-corrected chi connectivity index (χ2v) is 14.9. The topological polar surface area (TPSA) is 266 Å². The number of hydrogen-bond acceptors (Lipinski definition) is 11. The van der Waals surface area contributed by atoms with E-state index < -0.39 is 83.6 Å². The number of nitrogens with one attached hydrogen (secondary N) is 10. The van der Waals surface area contributed by atoms with Gasteiger partial charge in [0.05, 0.1) is 6.04 Å². The van der Waals surface area contributed by atoms with Crippen molar-refractivity contribution in [2.24, 2.45) is 17.6 Å². The Kier molecular flexibility index (Phi) is 24.0. The first-order chi connectivity index (χ1) is 25.1. The van der Waals surface area contributed by atoms with Gasteiger partial charge in [-0.25, -0.2) is 0 Å². The second kappa shape index (κ2) is 26.3. The minimum absolute atomic E-state index is 0.0000619. The molecule has 0 aliphatic carbocycles. The molecule has 0 aromatic rings. The molecule has 7 amide bonds. The molecule has 1 aliphatic heterocycles. The quantitative estimate of drug-likeness (QED) is 0.0822. The van der Waals surface area contributed by atoms with Crippen molar-refractivity contribution in [3.05, 3.63) is 0 Å². The van der Waals surface area contributed by atoms with Crippen LogP contribution in [0.15, 0.2) is 0 Å². The van der Waals surface area contributed by atoms with Gasteiger partial charge < -0.3 is 58.2 Å². The smallest absolute Gasteiger partial charge is 0.243 e. The van der Waals surface area contributed by atoms with Gasteiger partial charge in [0.15, 0.2) is 0 Å². The van der Waals surface area contributed by atoms with Crippen LogP contribution in [0.25, 0.3) is 0 Å². The second-order valence-electron chi connectivity index (χ2n) is 13.6. The molecule has 1 aliphatic rings. The molecule has 53 heavy (non-hydrogen) atoms. The van der Waals surface area contributed by atoms with Crippen molar-refractivity contribution >= 4 is 69.5 Å². The van der Waals surface area contributed by atoms with E-state index in [4.69, 9.17) is 5.73 Å². The summed E-state index contributed by atoms with van der Waals surface area (Å²) in [6.45, 7) is 10.1. The summed E-state index contributed by atoms with van der Waals surface area (Å²) in [6.07, 6.45) is 1.45. The summed E-state index contributed by atoms with van der Waals surface area (Å²) in [5.41, 5.74) is 6.15. The van der Waals surface area contributed by atoms with E-state index in [2.05, 4.69) is 80.7 Å². The number of nitrogens with two attached hydrogens (primary N) is 1. The van der Waals surface area contributed by atoms with E-state index in [1.165, 1.54) is 0 Å². The average molecular weight is 808 g/mol. The fraction of sp³-hybridized carbons (Fsp3) is 0.781. The molecule has 0 bridgehead atoms. The van der Waals surface area contributed by atoms with Crippen LogP contribution in [0, 0.1) is 11.8 Å². The third-order valence-electron chi connectivity index (χ3n) is 8.90. The molecule has 0 aromatic heterocycles. The Morgan fingerprint density at radius 2 is 1.02 bits per heavy atom. The van der Waals surface area contributed by atoms with Crippen molar-refractivity contribution in [2.75, 3.05) is 26.2 Å². The van der Waals surface area contributed by atoms with Gasteiger partial charge in [-0.2, -0.15) is 0 Å². The number of hydrogen-bond donors (Lipinski definition) is 11. The Labute approximate surface area is 320 Å². The molecule has 1 heterocycles. The lowest BCUT2D eigenvalue weighted by Gasteiger charge is -2.30. The molecule has 0 spiro atoms. The number of rotatable bonds is 14. The van der Waals surface area contributed by atoms with Crippen molar-refractivity contribution in [3.63, 3.8) is 0 Å². The van der Waals surface area contributed by atoms with E-state index in [1.807, 2.05) is 20.8 Å². The van der Waals surface area contributed by atoms with Crippen LogP contribution in [0.5, 0.6) is 0 Å². The maximum absolute atomic E-state index is 13.9. The summed E-state index contributed by atoms with van der Waals surface area (Å²) >= 11 is 0. The molecule has 10 unspecified atom stereocenters. The Bertz CT molecular complexity index is 1220. The van der Waals surface area contributed by atoms with Crippen molar-refractivity contribution < 1.29 is 33.6 Å². The summed E-state index contributed by atoms with van der Waals surface area (Å²) in [5.74, 6) is -4.63. The Hall–Kier alpha value is -2.58. The van der Waals surface area contributed by atoms with Crippen LogP contribution in [0.4, 0.5) is 0 Å². The molecule has 18 nitrogen and oxygen atoms in total. The zero-order valence-electron chi connectivity index (χ0n) is 31.6. The van der Waals surface area contributed by atoms with E-state index in [0.717, 1.165) is 0 Å². The van der Waals surface area contributed by atoms with Gasteiger partial charge in [-0.3, -0.25) is 33.6 Å². The van der Waals surface area contributed by atoms with Crippen molar-refractivity contribution in [2.45, 2.75) is 122 Å². The predicted octanol–water partition coefficient (Wildman–Crippen LogP) is -2.45. The highest BCUT2D eigenvalue weighted by atomic mass is 31.0. The molecule has 21 heteroatoms. The number of carbonyl (C=O) groups is 7. The molecule has 0 aromatic carbocycles. The number of amides is 7. The lowest BCUT2D eigenvalue weighted by Crippen LogP contribution is -2.61. The molecule has 0 radical (unpaired) electrons. The van der Waals surface area contributed by atoms with E-state index in [9.17, 15) is 33.6 Å². The fourth-order valence-electron chi connectivity index (χ4n) is 5.46. The van der Waals surface area contributed by atoms with E-state index in [0.29, 0.717) is 26.1 Å². The molecular formula is C32H64N11O7P3. The van der Waals surface area contributed by atoms with E-state index in [-0.39, 0.29) is 56.9 Å². The van der Waals surface area contributed by atoms with Gasteiger partial charge in [-0.15, -0.1) is 0 Å². The predicted molar refractivity (Wildman–Crippen MR) is 213 cm³/mol. The Morgan fingerprint density at radius 3 is 1.45 bits per heavy atom. The first-order valence-corrected chi connectivity index (χ1v) is 20.0. The lowest BCUT2D eigenvalue weighted by molar-refractivity contribution is -0.136. The standard InChI is InChI=1S/C32H64N11O7P3/c1-6-18(5)25-32(50)41-23(11-15-37-53)29(47)40-22(10-14-36-52)28(46)38-20(7-2)27(45)34-12-8-19(33)26(44)39-21(9-13-35-51)30(48)42-24(16-17(3)4)31(49)43-25/h17-25,35-37H,6-16,33,51-53H2,1-5H3,(H,34,45)(H,38,46)(H,39,44)(H,40,47)(H,41,50)(H,42,48)(H,43,49)/t18?,19?,20-,21?,22?,23?,24?,25?/m0/s1. The minimum atomic E-state index is -1.10. The largest absolute Gasteiger partial charge is 0.354 e. The normalized spacial score (nSPS) is 27.1. The zero-order valence-corrected chi connectivity index (χ0v) is 35.1. The van der Waals surface area contributed by atoms with Crippen LogP contribution in [0.2, 0.25) is 0 Å². The Morgan fingerprint density at radius 1 is 0.604 bits per heavy atom. The molecule has 304 valence electrons. The Balaban J connectivity index is 3.66. The van der Waals surface area contributed by atoms with Gasteiger partial charge in [-0.05, 0) is 50.4 Å². The van der Waals surface area contributed by atoms with E-state index >= 15 is 0 Å². The van der Waals surface area contributed by atoms with Crippen LogP contribution < -0.4 is 58.2 Å².